The van der Waals surface area contributed by atoms with Gasteiger partial charge in [-0.25, -0.2) is 10.9 Å². The number of nitrogens with one attached hydrogen (secondary N) is 2. The average molecular weight is 382 g/mol. The van der Waals surface area contributed by atoms with Crippen LogP contribution in [0.4, 0.5) is 0 Å². The lowest BCUT2D eigenvalue weighted by Gasteiger charge is -2.04. The largest absolute Gasteiger partial charge is 0.508 e. The predicted molar refractivity (Wildman–Crippen MR) is 106 cm³/mol. The molecule has 0 radical (unpaired) electrons. The lowest BCUT2D eigenvalue weighted by atomic mass is 10.1. The quantitative estimate of drug-likeness (QED) is 0.433. The summed E-state index contributed by atoms with van der Waals surface area (Å²) in [6.07, 6.45) is -0.0715. The SMILES string of the molecule is CC(=NNC(=O)CCC(=O)NN=C(C)c1ccc(O)cc1)c1ccc(O)cc1. The fourth-order valence-corrected chi connectivity index (χ4v) is 2.17. The maximum absolute atomic E-state index is 11.8. The molecule has 0 bridgehead atoms. The van der Waals surface area contributed by atoms with E-state index in [4.69, 9.17) is 0 Å². The number of hydrogen-bond acceptors (Lipinski definition) is 6. The van der Waals surface area contributed by atoms with Crippen molar-refractivity contribution >= 4 is 23.2 Å². The molecule has 2 rings (SSSR count). The lowest BCUT2D eigenvalue weighted by molar-refractivity contribution is -0.126. The Hall–Kier alpha value is -3.68. The van der Waals surface area contributed by atoms with Crippen LogP contribution in [0.25, 0.3) is 0 Å². The molecule has 2 aromatic carbocycles. The van der Waals surface area contributed by atoms with Crippen LogP contribution in [0.3, 0.4) is 0 Å². The summed E-state index contributed by atoms with van der Waals surface area (Å²) in [5.41, 5.74) is 7.46. The van der Waals surface area contributed by atoms with Crippen LogP contribution in [0, 0.1) is 0 Å². The van der Waals surface area contributed by atoms with Crippen molar-refractivity contribution in [2.45, 2.75) is 26.7 Å². The first-order valence-corrected chi connectivity index (χ1v) is 8.60. The molecule has 2 aromatic rings. The summed E-state index contributed by atoms with van der Waals surface area (Å²) in [6.45, 7) is 3.44. The van der Waals surface area contributed by atoms with Crippen LogP contribution >= 0.6 is 0 Å². The Bertz CT molecular complexity index is 812. The Balaban J connectivity index is 1.78. The molecule has 0 aliphatic heterocycles. The highest BCUT2D eigenvalue weighted by Gasteiger charge is 2.07. The van der Waals surface area contributed by atoms with Crippen molar-refractivity contribution < 1.29 is 19.8 Å². The average Bonchev–Trinajstić information content (AvgIpc) is 2.69. The number of nitrogens with zero attached hydrogens (tertiary/aromatic N) is 2. The van der Waals surface area contributed by atoms with Crippen LogP contribution in [0.5, 0.6) is 11.5 Å². The topological polar surface area (TPSA) is 123 Å². The van der Waals surface area contributed by atoms with Crippen molar-refractivity contribution in [3.05, 3.63) is 59.7 Å². The minimum Gasteiger partial charge on any atom is -0.508 e. The number of phenols is 2. The van der Waals surface area contributed by atoms with Crippen molar-refractivity contribution in [3.8, 4) is 11.5 Å². The second kappa shape index (κ2) is 9.86. The number of carbonyl (C=O) groups is 2. The summed E-state index contributed by atoms with van der Waals surface area (Å²) in [5, 5.41) is 26.5. The van der Waals surface area contributed by atoms with Gasteiger partial charge in [0.15, 0.2) is 0 Å². The Morgan fingerprint density at radius 1 is 0.714 bits per heavy atom. The van der Waals surface area contributed by atoms with Crippen molar-refractivity contribution in [2.24, 2.45) is 10.2 Å². The second-order valence-electron chi connectivity index (χ2n) is 6.06. The summed E-state index contributed by atoms with van der Waals surface area (Å²) in [7, 11) is 0. The Morgan fingerprint density at radius 2 is 1.04 bits per heavy atom. The minimum atomic E-state index is -0.396. The summed E-state index contributed by atoms with van der Waals surface area (Å²) in [4.78, 5) is 23.7. The molecule has 0 saturated carbocycles. The Labute approximate surface area is 162 Å². The van der Waals surface area contributed by atoms with Crippen LogP contribution in [-0.2, 0) is 9.59 Å². The fraction of sp³-hybridized carbons (Fsp3) is 0.200. The number of hydrogen-bond donors (Lipinski definition) is 4. The van der Waals surface area contributed by atoms with Crippen molar-refractivity contribution in [1.82, 2.24) is 10.9 Å². The third kappa shape index (κ3) is 6.56. The number of benzene rings is 2. The molecule has 146 valence electrons. The third-order valence-electron chi connectivity index (χ3n) is 3.85. The standard InChI is InChI=1S/C20H22N4O4/c1-13(15-3-7-17(25)8-4-15)21-23-19(27)11-12-20(28)24-22-14(2)16-5-9-18(26)10-6-16/h3-10,25-26H,11-12H2,1-2H3,(H,23,27)(H,24,28). The monoisotopic (exact) mass is 382 g/mol. The molecule has 4 N–H and O–H groups in total. The molecule has 0 heterocycles. The first-order valence-electron chi connectivity index (χ1n) is 8.60. The van der Waals surface area contributed by atoms with Crippen molar-refractivity contribution in [3.63, 3.8) is 0 Å². The number of hydrazone groups is 2. The molecule has 8 nitrogen and oxygen atoms in total. The first-order chi connectivity index (χ1) is 13.3. The molecule has 8 heteroatoms. The smallest absolute Gasteiger partial charge is 0.240 e. The highest BCUT2D eigenvalue weighted by Crippen LogP contribution is 2.11. The van der Waals surface area contributed by atoms with E-state index < -0.39 is 11.8 Å². The molecule has 0 atom stereocenters. The molecule has 0 saturated heterocycles. The van der Waals surface area contributed by atoms with Gasteiger partial charge < -0.3 is 10.2 Å². The van der Waals surface area contributed by atoms with Gasteiger partial charge in [-0.1, -0.05) is 0 Å². The Morgan fingerprint density at radius 3 is 1.36 bits per heavy atom. The predicted octanol–water partition coefficient (Wildman–Crippen LogP) is 2.26. The number of rotatable bonds is 7. The van der Waals surface area contributed by atoms with E-state index in [2.05, 4.69) is 21.1 Å². The molecule has 2 amide bonds. The third-order valence-corrected chi connectivity index (χ3v) is 3.85. The van der Waals surface area contributed by atoms with E-state index in [1.54, 1.807) is 38.1 Å². The molecule has 0 aliphatic rings. The van der Waals surface area contributed by atoms with Gasteiger partial charge in [0.2, 0.25) is 11.8 Å². The van der Waals surface area contributed by atoms with Gasteiger partial charge >= 0.3 is 0 Å². The van der Waals surface area contributed by atoms with Gasteiger partial charge in [-0.15, -0.1) is 0 Å². The molecule has 0 fully saturated rings. The van der Waals surface area contributed by atoms with Gasteiger partial charge in [0.1, 0.15) is 11.5 Å². The van der Waals surface area contributed by atoms with E-state index in [1.165, 1.54) is 24.3 Å². The van der Waals surface area contributed by atoms with Crippen molar-refractivity contribution in [1.29, 1.82) is 0 Å². The van der Waals surface area contributed by atoms with Crippen LogP contribution in [-0.4, -0.2) is 33.5 Å². The number of phenolic OH excluding ortho intramolecular Hbond substituents is 2. The molecule has 28 heavy (non-hydrogen) atoms. The summed E-state index contributed by atoms with van der Waals surface area (Å²) >= 11 is 0. The van der Waals surface area contributed by atoms with Gasteiger partial charge in [-0.05, 0) is 73.5 Å². The van der Waals surface area contributed by atoms with Crippen LogP contribution < -0.4 is 10.9 Å². The maximum atomic E-state index is 11.8. The molecular weight excluding hydrogens is 360 g/mol. The number of amides is 2. The van der Waals surface area contributed by atoms with Gasteiger partial charge in [0, 0.05) is 12.8 Å². The highest BCUT2D eigenvalue weighted by molar-refractivity contribution is 6.00. The zero-order valence-corrected chi connectivity index (χ0v) is 15.6. The van der Waals surface area contributed by atoms with Gasteiger partial charge in [0.05, 0.1) is 11.4 Å². The van der Waals surface area contributed by atoms with E-state index >= 15 is 0 Å². The molecule has 0 unspecified atom stereocenters. The van der Waals surface area contributed by atoms with E-state index in [9.17, 15) is 19.8 Å². The molecule has 0 spiro atoms. The minimum absolute atomic E-state index is 0.0357. The van der Waals surface area contributed by atoms with Gasteiger partial charge in [0.25, 0.3) is 0 Å². The van der Waals surface area contributed by atoms with Crippen molar-refractivity contribution in [2.75, 3.05) is 0 Å². The zero-order valence-electron chi connectivity index (χ0n) is 15.6. The normalized spacial score (nSPS) is 11.8. The van der Waals surface area contributed by atoms with Gasteiger partial charge in [-0.3, -0.25) is 9.59 Å². The first kappa shape index (κ1) is 20.6. The Kier molecular flexibility index (Phi) is 7.27. The molecule has 0 aromatic heterocycles. The van der Waals surface area contributed by atoms with Crippen LogP contribution in [0.1, 0.15) is 37.8 Å². The van der Waals surface area contributed by atoms with E-state index in [0.717, 1.165) is 11.1 Å². The number of aromatic hydroxyl groups is 2. The summed E-state index contributed by atoms with van der Waals surface area (Å²) < 4.78 is 0. The zero-order chi connectivity index (χ0) is 20.5. The summed E-state index contributed by atoms with van der Waals surface area (Å²) in [6, 6.07) is 12.8. The van der Waals surface area contributed by atoms with Crippen LogP contribution in [0.2, 0.25) is 0 Å². The highest BCUT2D eigenvalue weighted by atomic mass is 16.3. The summed E-state index contributed by atoms with van der Waals surface area (Å²) in [5.74, 6) is -0.496. The maximum Gasteiger partial charge on any atom is 0.240 e. The lowest BCUT2D eigenvalue weighted by Crippen LogP contribution is -2.24. The number of carbonyl (C=O) groups excluding carboxylic acids is 2. The van der Waals surface area contributed by atoms with Crippen LogP contribution in [0.15, 0.2) is 58.7 Å². The van der Waals surface area contributed by atoms with E-state index in [-0.39, 0.29) is 24.3 Å². The van der Waals surface area contributed by atoms with E-state index in [1.807, 2.05) is 0 Å². The molecular formula is C20H22N4O4. The van der Waals surface area contributed by atoms with Gasteiger partial charge in [-0.2, -0.15) is 10.2 Å². The molecule has 0 aliphatic carbocycles. The van der Waals surface area contributed by atoms with E-state index in [0.29, 0.717) is 11.4 Å². The fourth-order valence-electron chi connectivity index (χ4n) is 2.17. The second-order valence-corrected chi connectivity index (χ2v) is 6.06.